The Kier molecular flexibility index (Phi) is 5.45. The van der Waals surface area contributed by atoms with Gasteiger partial charge in [0.05, 0.1) is 17.0 Å². The van der Waals surface area contributed by atoms with Crippen LogP contribution in [-0.2, 0) is 0 Å². The Labute approximate surface area is 166 Å². The SMILES string of the molecule is COc1c(Cl)ccc(C(=O)c2cnc3c(F)cccc3c2)c1SC(C)(C)C. The van der Waals surface area contributed by atoms with Crippen LogP contribution in [0.2, 0.25) is 5.02 Å². The summed E-state index contributed by atoms with van der Waals surface area (Å²) in [7, 11) is 1.53. The number of para-hydroxylation sites is 1. The molecule has 0 bridgehead atoms. The molecule has 1 heterocycles. The maximum absolute atomic E-state index is 13.9. The first-order valence-electron chi connectivity index (χ1n) is 8.36. The Hall–Kier alpha value is -2.11. The lowest BCUT2D eigenvalue weighted by Crippen LogP contribution is -2.11. The lowest BCUT2D eigenvalue weighted by atomic mass is 10.0. The average Bonchev–Trinajstić information content (AvgIpc) is 2.60. The minimum atomic E-state index is -0.413. The zero-order valence-corrected chi connectivity index (χ0v) is 17.0. The standard InChI is InChI=1S/C21H19ClFNO2S/c1-21(2,3)27-20-14(8-9-15(22)19(20)26-4)18(25)13-10-12-6-5-7-16(23)17(12)24-11-13/h5-11H,1-4H3. The molecule has 0 fully saturated rings. The predicted molar refractivity (Wildman–Crippen MR) is 109 cm³/mol. The molecule has 140 valence electrons. The van der Waals surface area contributed by atoms with E-state index < -0.39 is 5.82 Å². The minimum Gasteiger partial charge on any atom is -0.494 e. The van der Waals surface area contributed by atoms with Gasteiger partial charge in [0.1, 0.15) is 11.3 Å². The lowest BCUT2D eigenvalue weighted by Gasteiger charge is -2.22. The molecule has 0 amide bonds. The Balaban J connectivity index is 2.14. The van der Waals surface area contributed by atoms with Crippen LogP contribution < -0.4 is 4.74 Å². The van der Waals surface area contributed by atoms with Crippen LogP contribution in [0.4, 0.5) is 4.39 Å². The fraction of sp³-hybridized carbons (Fsp3) is 0.238. The molecular weight excluding hydrogens is 385 g/mol. The molecular formula is C21H19ClFNO2S. The summed E-state index contributed by atoms with van der Waals surface area (Å²) < 4.78 is 19.2. The number of fused-ring (bicyclic) bond motifs is 1. The van der Waals surface area contributed by atoms with E-state index in [0.717, 1.165) is 0 Å². The summed E-state index contributed by atoms with van der Waals surface area (Å²) >= 11 is 7.78. The van der Waals surface area contributed by atoms with Crippen molar-refractivity contribution in [2.45, 2.75) is 30.4 Å². The monoisotopic (exact) mass is 403 g/mol. The second-order valence-electron chi connectivity index (χ2n) is 7.04. The Morgan fingerprint density at radius 3 is 2.63 bits per heavy atom. The molecule has 0 aliphatic carbocycles. The summed E-state index contributed by atoms with van der Waals surface area (Å²) in [5.41, 5.74) is 1.11. The van der Waals surface area contributed by atoms with E-state index in [1.165, 1.54) is 31.1 Å². The number of pyridine rings is 1. The van der Waals surface area contributed by atoms with Gasteiger partial charge in [-0.3, -0.25) is 9.78 Å². The van der Waals surface area contributed by atoms with Crippen molar-refractivity contribution in [1.82, 2.24) is 4.98 Å². The molecule has 3 aromatic rings. The van der Waals surface area contributed by atoms with Gasteiger partial charge < -0.3 is 4.74 Å². The first kappa shape index (κ1) is 19.6. The van der Waals surface area contributed by atoms with E-state index in [1.807, 2.05) is 20.8 Å². The number of carbonyl (C=O) groups excluding carboxylic acids is 1. The highest BCUT2D eigenvalue weighted by atomic mass is 35.5. The number of aromatic nitrogens is 1. The molecule has 3 rings (SSSR count). The number of thioether (sulfide) groups is 1. The van der Waals surface area contributed by atoms with Crippen LogP contribution in [0.15, 0.2) is 47.5 Å². The van der Waals surface area contributed by atoms with Gasteiger partial charge in [0.25, 0.3) is 0 Å². The maximum Gasteiger partial charge on any atom is 0.195 e. The molecule has 0 radical (unpaired) electrons. The molecule has 6 heteroatoms. The van der Waals surface area contributed by atoms with Crippen molar-refractivity contribution in [1.29, 1.82) is 0 Å². The predicted octanol–water partition coefficient (Wildman–Crippen LogP) is 6.16. The third kappa shape index (κ3) is 4.09. The highest BCUT2D eigenvalue weighted by Crippen LogP contribution is 2.44. The zero-order valence-electron chi connectivity index (χ0n) is 15.5. The van der Waals surface area contributed by atoms with Crippen molar-refractivity contribution >= 4 is 40.0 Å². The molecule has 0 atom stereocenters. The number of hydrogen-bond donors (Lipinski definition) is 0. The highest BCUT2D eigenvalue weighted by Gasteiger charge is 2.25. The van der Waals surface area contributed by atoms with E-state index in [2.05, 4.69) is 4.98 Å². The maximum atomic E-state index is 13.9. The number of carbonyl (C=O) groups is 1. The largest absolute Gasteiger partial charge is 0.494 e. The summed E-state index contributed by atoms with van der Waals surface area (Å²) in [6.45, 7) is 6.14. The Bertz CT molecular complexity index is 1030. The third-order valence-corrected chi connectivity index (χ3v) is 5.36. The fourth-order valence-corrected chi connectivity index (χ4v) is 4.18. The Morgan fingerprint density at radius 2 is 1.96 bits per heavy atom. The zero-order chi connectivity index (χ0) is 19.8. The van der Waals surface area contributed by atoms with Gasteiger partial charge in [0, 0.05) is 27.5 Å². The lowest BCUT2D eigenvalue weighted by molar-refractivity contribution is 0.103. The molecule has 0 aliphatic rings. The van der Waals surface area contributed by atoms with Crippen molar-refractivity contribution < 1.29 is 13.9 Å². The van der Waals surface area contributed by atoms with Crippen LogP contribution >= 0.6 is 23.4 Å². The average molecular weight is 404 g/mol. The van der Waals surface area contributed by atoms with Gasteiger partial charge in [0.15, 0.2) is 11.5 Å². The number of benzene rings is 2. The van der Waals surface area contributed by atoms with Crippen LogP contribution in [0.5, 0.6) is 5.75 Å². The van der Waals surface area contributed by atoms with Crippen molar-refractivity contribution in [3.63, 3.8) is 0 Å². The quantitative estimate of drug-likeness (QED) is 0.386. The first-order chi connectivity index (χ1) is 12.7. The molecule has 0 saturated heterocycles. The fourth-order valence-electron chi connectivity index (χ4n) is 2.72. The second kappa shape index (κ2) is 7.49. The summed E-state index contributed by atoms with van der Waals surface area (Å²) in [5.74, 6) is -0.152. The summed E-state index contributed by atoms with van der Waals surface area (Å²) in [5, 5.41) is 1.02. The topological polar surface area (TPSA) is 39.2 Å². The molecule has 0 spiro atoms. The van der Waals surface area contributed by atoms with Gasteiger partial charge in [-0.25, -0.2) is 4.39 Å². The van der Waals surface area contributed by atoms with Crippen LogP contribution in [0.3, 0.4) is 0 Å². The molecule has 0 saturated carbocycles. The highest BCUT2D eigenvalue weighted by molar-refractivity contribution is 8.00. The number of nitrogens with zero attached hydrogens (tertiary/aromatic N) is 1. The van der Waals surface area contributed by atoms with E-state index in [0.29, 0.717) is 32.2 Å². The molecule has 27 heavy (non-hydrogen) atoms. The molecule has 3 nitrogen and oxygen atoms in total. The van der Waals surface area contributed by atoms with Crippen molar-refractivity contribution in [3.05, 3.63) is 64.6 Å². The number of ether oxygens (including phenoxy) is 1. The molecule has 0 unspecified atom stereocenters. The van der Waals surface area contributed by atoms with Crippen LogP contribution in [0, 0.1) is 5.82 Å². The number of rotatable bonds is 4. The van der Waals surface area contributed by atoms with Gasteiger partial charge in [0.2, 0.25) is 0 Å². The number of halogens is 2. The van der Waals surface area contributed by atoms with Crippen molar-refractivity contribution in [2.75, 3.05) is 7.11 Å². The summed E-state index contributed by atoms with van der Waals surface area (Å²) in [6.07, 6.45) is 1.40. The molecule has 0 N–H and O–H groups in total. The van der Waals surface area contributed by atoms with Crippen LogP contribution in [0.1, 0.15) is 36.7 Å². The van der Waals surface area contributed by atoms with Gasteiger partial charge in [-0.2, -0.15) is 0 Å². The van der Waals surface area contributed by atoms with E-state index in [4.69, 9.17) is 16.3 Å². The van der Waals surface area contributed by atoms with E-state index in [-0.39, 0.29) is 16.0 Å². The first-order valence-corrected chi connectivity index (χ1v) is 9.55. The van der Waals surface area contributed by atoms with Crippen LogP contribution in [-0.4, -0.2) is 22.6 Å². The van der Waals surface area contributed by atoms with E-state index >= 15 is 0 Å². The smallest absolute Gasteiger partial charge is 0.195 e. The van der Waals surface area contributed by atoms with E-state index in [9.17, 15) is 9.18 Å². The van der Waals surface area contributed by atoms with Crippen LogP contribution in [0.25, 0.3) is 10.9 Å². The molecule has 0 aliphatic heterocycles. The minimum absolute atomic E-state index is 0.155. The second-order valence-corrected chi connectivity index (χ2v) is 9.28. The summed E-state index contributed by atoms with van der Waals surface area (Å²) in [6, 6.07) is 9.67. The van der Waals surface area contributed by atoms with Crippen molar-refractivity contribution in [2.24, 2.45) is 0 Å². The molecule has 2 aromatic carbocycles. The molecule has 1 aromatic heterocycles. The number of methoxy groups -OCH3 is 1. The third-order valence-electron chi connectivity index (χ3n) is 3.85. The normalized spacial score (nSPS) is 11.6. The summed E-state index contributed by atoms with van der Waals surface area (Å²) in [4.78, 5) is 18.0. The van der Waals surface area contributed by atoms with Gasteiger partial charge >= 0.3 is 0 Å². The van der Waals surface area contributed by atoms with Gasteiger partial charge in [-0.1, -0.05) is 44.5 Å². The van der Waals surface area contributed by atoms with Crippen molar-refractivity contribution in [3.8, 4) is 5.75 Å². The Morgan fingerprint density at radius 1 is 1.22 bits per heavy atom. The number of hydrogen-bond acceptors (Lipinski definition) is 4. The van der Waals surface area contributed by atoms with Gasteiger partial charge in [-0.15, -0.1) is 11.8 Å². The van der Waals surface area contributed by atoms with E-state index in [1.54, 1.807) is 30.3 Å². The van der Waals surface area contributed by atoms with Gasteiger partial charge in [-0.05, 0) is 24.3 Å². The number of ketones is 1.